The number of nitrogens with zero attached hydrogens (tertiary/aromatic N) is 1. The molecule has 0 aliphatic rings. The van der Waals surface area contributed by atoms with E-state index in [1.54, 1.807) is 0 Å². The predicted molar refractivity (Wildman–Crippen MR) is 83.9 cm³/mol. The number of nitrogens with two attached hydrogens (primary N) is 1. The Balaban J connectivity index is 2.33. The largest absolute Gasteiger partial charge is 0.480 e. The molecule has 0 spiro atoms. The summed E-state index contributed by atoms with van der Waals surface area (Å²) in [6, 6.07) is 6.19. The lowest BCUT2D eigenvalue weighted by Gasteiger charge is -2.12. The highest BCUT2D eigenvalue weighted by atomic mass is 19.4. The molecule has 0 unspecified atom stereocenters. The van der Waals surface area contributed by atoms with Gasteiger partial charge in [0.15, 0.2) is 0 Å². The van der Waals surface area contributed by atoms with Gasteiger partial charge < -0.3 is 15.6 Å². The van der Waals surface area contributed by atoms with Crippen molar-refractivity contribution in [3.05, 3.63) is 63.7 Å². The molecule has 2 aromatic carbocycles. The van der Waals surface area contributed by atoms with Gasteiger partial charge in [0, 0.05) is 18.1 Å². The number of benzene rings is 2. The Morgan fingerprint density at radius 2 is 1.88 bits per heavy atom. The molecule has 0 bridgehead atoms. The van der Waals surface area contributed by atoms with Gasteiger partial charge in [-0.05, 0) is 30.3 Å². The van der Waals surface area contributed by atoms with Crippen molar-refractivity contribution in [3.63, 3.8) is 0 Å². The summed E-state index contributed by atoms with van der Waals surface area (Å²) in [4.78, 5) is 21.2. The standard InChI is InChI=1S/C16H13F3N2O5/c17-16(18,19)10-2-1-3-11(8-10)26-12-4-5-14(21(24)25)9(6-12)7-13(20)15(22)23/h1-6,8,13H,7,20H2,(H,22,23)/t13-/m0/s1. The third kappa shape index (κ3) is 4.70. The number of hydrogen-bond donors (Lipinski definition) is 2. The van der Waals surface area contributed by atoms with E-state index in [1.165, 1.54) is 18.2 Å². The van der Waals surface area contributed by atoms with Crippen LogP contribution in [-0.4, -0.2) is 22.0 Å². The minimum Gasteiger partial charge on any atom is -0.480 e. The Kier molecular flexibility index (Phi) is 5.46. The number of carbonyl (C=O) groups is 1. The van der Waals surface area contributed by atoms with Gasteiger partial charge in [0.1, 0.15) is 17.5 Å². The van der Waals surface area contributed by atoms with Crippen LogP contribution in [0.4, 0.5) is 18.9 Å². The average Bonchev–Trinajstić information content (AvgIpc) is 2.54. The van der Waals surface area contributed by atoms with Crippen molar-refractivity contribution in [3.8, 4) is 11.5 Å². The fraction of sp³-hybridized carbons (Fsp3) is 0.188. The summed E-state index contributed by atoms with van der Waals surface area (Å²) >= 11 is 0. The molecule has 0 saturated heterocycles. The molecule has 2 rings (SSSR count). The second-order valence-corrected chi connectivity index (χ2v) is 5.32. The first-order valence-electron chi connectivity index (χ1n) is 7.18. The molecule has 0 aliphatic heterocycles. The molecule has 0 saturated carbocycles. The van der Waals surface area contributed by atoms with Crippen molar-refractivity contribution in [1.29, 1.82) is 0 Å². The summed E-state index contributed by atoms with van der Waals surface area (Å²) in [7, 11) is 0. The number of rotatable bonds is 6. The van der Waals surface area contributed by atoms with Crippen molar-refractivity contribution in [2.24, 2.45) is 5.73 Å². The van der Waals surface area contributed by atoms with Crippen LogP contribution < -0.4 is 10.5 Å². The number of hydrogen-bond acceptors (Lipinski definition) is 5. The summed E-state index contributed by atoms with van der Waals surface area (Å²) in [6.45, 7) is 0. The van der Waals surface area contributed by atoms with E-state index < -0.39 is 28.7 Å². The lowest BCUT2D eigenvalue weighted by atomic mass is 10.0. The van der Waals surface area contributed by atoms with Crippen LogP contribution in [0.5, 0.6) is 11.5 Å². The molecule has 0 aromatic heterocycles. The van der Waals surface area contributed by atoms with E-state index >= 15 is 0 Å². The quantitative estimate of drug-likeness (QED) is 0.595. The molecule has 0 fully saturated rings. The number of carboxylic acids is 1. The van der Waals surface area contributed by atoms with E-state index in [-0.39, 0.29) is 29.2 Å². The molecule has 1 atom stereocenters. The number of halogens is 3. The van der Waals surface area contributed by atoms with Crippen LogP contribution in [-0.2, 0) is 17.4 Å². The Morgan fingerprint density at radius 3 is 2.46 bits per heavy atom. The fourth-order valence-electron chi connectivity index (χ4n) is 2.16. The van der Waals surface area contributed by atoms with Gasteiger partial charge in [-0.15, -0.1) is 0 Å². The van der Waals surface area contributed by atoms with Gasteiger partial charge in [-0.3, -0.25) is 14.9 Å². The van der Waals surface area contributed by atoms with Crippen LogP contribution in [0.3, 0.4) is 0 Å². The van der Waals surface area contributed by atoms with Gasteiger partial charge in [0.25, 0.3) is 5.69 Å². The van der Waals surface area contributed by atoms with E-state index in [4.69, 9.17) is 15.6 Å². The molecule has 7 nitrogen and oxygen atoms in total. The molecular weight excluding hydrogens is 357 g/mol. The van der Waals surface area contributed by atoms with Crippen LogP contribution in [0, 0.1) is 10.1 Å². The van der Waals surface area contributed by atoms with Crippen LogP contribution in [0.1, 0.15) is 11.1 Å². The van der Waals surface area contributed by atoms with Gasteiger partial charge >= 0.3 is 12.1 Å². The summed E-state index contributed by atoms with van der Waals surface area (Å²) in [5.41, 5.74) is 4.12. The van der Waals surface area contributed by atoms with Gasteiger partial charge in [-0.2, -0.15) is 13.2 Å². The second-order valence-electron chi connectivity index (χ2n) is 5.32. The van der Waals surface area contributed by atoms with Gasteiger partial charge in [0.05, 0.1) is 10.5 Å². The number of aliphatic carboxylic acids is 1. The zero-order valence-electron chi connectivity index (χ0n) is 13.1. The van der Waals surface area contributed by atoms with Gasteiger partial charge in [-0.25, -0.2) is 0 Å². The SMILES string of the molecule is N[C@@H](Cc1cc(Oc2cccc(C(F)(F)F)c2)ccc1[N+](=O)[O-])C(=O)O. The monoisotopic (exact) mass is 370 g/mol. The summed E-state index contributed by atoms with van der Waals surface area (Å²) < 4.78 is 43.5. The highest BCUT2D eigenvalue weighted by Crippen LogP contribution is 2.33. The minimum atomic E-state index is -4.55. The molecule has 3 N–H and O–H groups in total. The number of alkyl halides is 3. The first-order valence-corrected chi connectivity index (χ1v) is 7.18. The molecule has 2 aromatic rings. The Labute approximate surface area is 145 Å². The summed E-state index contributed by atoms with van der Waals surface area (Å²) in [5.74, 6) is -1.45. The molecule has 0 radical (unpaired) electrons. The van der Waals surface area contributed by atoms with E-state index in [0.29, 0.717) is 0 Å². The van der Waals surface area contributed by atoms with Crippen LogP contribution >= 0.6 is 0 Å². The molecular formula is C16H13F3N2O5. The first-order chi connectivity index (χ1) is 12.1. The fourth-order valence-corrected chi connectivity index (χ4v) is 2.16. The highest BCUT2D eigenvalue weighted by molar-refractivity contribution is 5.74. The van der Waals surface area contributed by atoms with Crippen LogP contribution in [0.15, 0.2) is 42.5 Å². The molecule has 26 heavy (non-hydrogen) atoms. The van der Waals surface area contributed by atoms with Crippen molar-refractivity contribution < 1.29 is 32.7 Å². The number of nitro groups is 1. The third-order valence-corrected chi connectivity index (χ3v) is 3.40. The van der Waals surface area contributed by atoms with Crippen LogP contribution in [0.25, 0.3) is 0 Å². The second kappa shape index (κ2) is 7.40. The average molecular weight is 370 g/mol. The van der Waals surface area contributed by atoms with Crippen molar-refractivity contribution in [2.75, 3.05) is 0 Å². The maximum absolute atomic E-state index is 12.7. The third-order valence-electron chi connectivity index (χ3n) is 3.40. The van der Waals surface area contributed by atoms with Gasteiger partial charge in [-0.1, -0.05) is 6.07 Å². The first kappa shape index (κ1) is 19.2. The Bertz CT molecular complexity index is 839. The van der Waals surface area contributed by atoms with Crippen molar-refractivity contribution in [2.45, 2.75) is 18.6 Å². The Morgan fingerprint density at radius 1 is 1.23 bits per heavy atom. The topological polar surface area (TPSA) is 116 Å². The van der Waals surface area contributed by atoms with E-state index in [1.807, 2.05) is 0 Å². The maximum Gasteiger partial charge on any atom is 0.416 e. The molecule has 0 heterocycles. The minimum absolute atomic E-state index is 0.00521. The normalized spacial score (nSPS) is 12.5. The molecule has 138 valence electrons. The molecule has 0 amide bonds. The number of carboxylic acid groups (broad SMARTS) is 1. The molecule has 10 heteroatoms. The van der Waals surface area contributed by atoms with E-state index in [0.717, 1.165) is 24.3 Å². The smallest absolute Gasteiger partial charge is 0.416 e. The summed E-state index contributed by atoms with van der Waals surface area (Å²) in [5, 5.41) is 19.9. The molecule has 0 aliphatic carbocycles. The highest BCUT2D eigenvalue weighted by Gasteiger charge is 2.30. The zero-order chi connectivity index (χ0) is 19.5. The zero-order valence-corrected chi connectivity index (χ0v) is 13.1. The lowest BCUT2D eigenvalue weighted by Crippen LogP contribution is -2.32. The van der Waals surface area contributed by atoms with Gasteiger partial charge in [0.2, 0.25) is 0 Å². The van der Waals surface area contributed by atoms with Crippen molar-refractivity contribution >= 4 is 11.7 Å². The van der Waals surface area contributed by atoms with Crippen molar-refractivity contribution in [1.82, 2.24) is 0 Å². The maximum atomic E-state index is 12.7. The van der Waals surface area contributed by atoms with Crippen LogP contribution in [0.2, 0.25) is 0 Å². The lowest BCUT2D eigenvalue weighted by molar-refractivity contribution is -0.385. The number of nitro benzene ring substituents is 1. The number of ether oxygens (including phenoxy) is 1. The summed E-state index contributed by atoms with van der Waals surface area (Å²) in [6.07, 6.45) is -4.89. The predicted octanol–water partition coefficient (Wildman–Crippen LogP) is 3.36. The van der Waals surface area contributed by atoms with E-state index in [2.05, 4.69) is 0 Å². The Hall–Kier alpha value is -3.14. The van der Waals surface area contributed by atoms with E-state index in [9.17, 15) is 28.1 Å².